The predicted octanol–water partition coefficient (Wildman–Crippen LogP) is 1.93. The average Bonchev–Trinajstić information content (AvgIpc) is 2.26. The van der Waals surface area contributed by atoms with E-state index in [4.69, 9.17) is 5.53 Å². The van der Waals surface area contributed by atoms with Crippen LogP contribution in [-0.2, 0) is 0 Å². The largest absolute Gasteiger partial charge is 0.338 e. The SMILES string of the molecule is [N-]=[N+]=NCCNC(=O)NC1CCCCC1. The number of nitrogens with one attached hydrogen (secondary N) is 2. The van der Waals surface area contributed by atoms with Crippen molar-refractivity contribution >= 4 is 6.03 Å². The van der Waals surface area contributed by atoms with Crippen molar-refractivity contribution in [2.45, 2.75) is 38.1 Å². The lowest BCUT2D eigenvalue weighted by atomic mass is 9.96. The van der Waals surface area contributed by atoms with Crippen molar-refractivity contribution in [2.75, 3.05) is 13.1 Å². The second-order valence-electron chi connectivity index (χ2n) is 3.69. The fraction of sp³-hybridized carbons (Fsp3) is 0.889. The van der Waals surface area contributed by atoms with E-state index in [9.17, 15) is 4.79 Å². The van der Waals surface area contributed by atoms with Gasteiger partial charge in [0.2, 0.25) is 0 Å². The molecule has 0 atom stereocenters. The van der Waals surface area contributed by atoms with Gasteiger partial charge >= 0.3 is 6.03 Å². The lowest BCUT2D eigenvalue weighted by Crippen LogP contribution is -2.43. The molecule has 0 aromatic heterocycles. The first-order valence-electron chi connectivity index (χ1n) is 5.38. The molecule has 2 amide bonds. The average molecular weight is 211 g/mol. The van der Waals surface area contributed by atoms with Gasteiger partial charge in [-0.1, -0.05) is 24.4 Å². The molecule has 0 spiro atoms. The van der Waals surface area contributed by atoms with Crippen LogP contribution in [0, 0.1) is 0 Å². The Balaban J connectivity index is 2.08. The van der Waals surface area contributed by atoms with Gasteiger partial charge in [-0.3, -0.25) is 0 Å². The summed E-state index contributed by atoms with van der Waals surface area (Å²) in [6.45, 7) is 0.692. The molecular weight excluding hydrogens is 194 g/mol. The molecule has 0 aromatic rings. The molecule has 2 N–H and O–H groups in total. The summed E-state index contributed by atoms with van der Waals surface area (Å²) in [6, 6.07) is 0.160. The van der Waals surface area contributed by atoms with Gasteiger partial charge in [0.1, 0.15) is 0 Å². The highest BCUT2D eigenvalue weighted by molar-refractivity contribution is 5.74. The topological polar surface area (TPSA) is 89.9 Å². The first-order valence-corrected chi connectivity index (χ1v) is 5.38. The molecule has 6 nitrogen and oxygen atoms in total. The van der Waals surface area contributed by atoms with Gasteiger partial charge in [-0.25, -0.2) is 4.79 Å². The van der Waals surface area contributed by atoms with Crippen molar-refractivity contribution in [2.24, 2.45) is 5.11 Å². The van der Waals surface area contributed by atoms with Gasteiger partial charge in [-0.15, -0.1) is 0 Å². The highest BCUT2D eigenvalue weighted by Crippen LogP contribution is 2.16. The van der Waals surface area contributed by atoms with E-state index in [2.05, 4.69) is 20.7 Å². The molecule has 0 aromatic carbocycles. The Morgan fingerprint density at radius 1 is 1.40 bits per heavy atom. The number of hydrogen-bond donors (Lipinski definition) is 2. The van der Waals surface area contributed by atoms with Gasteiger partial charge in [0.25, 0.3) is 0 Å². The van der Waals surface area contributed by atoms with Crippen molar-refractivity contribution in [3.63, 3.8) is 0 Å². The maximum atomic E-state index is 11.3. The Labute approximate surface area is 89.0 Å². The monoisotopic (exact) mass is 211 g/mol. The molecule has 0 aliphatic heterocycles. The summed E-state index contributed by atoms with van der Waals surface area (Å²) in [4.78, 5) is 13.9. The van der Waals surface area contributed by atoms with E-state index in [1.165, 1.54) is 19.3 Å². The number of amides is 2. The zero-order valence-corrected chi connectivity index (χ0v) is 8.78. The number of hydrogen-bond acceptors (Lipinski definition) is 2. The van der Waals surface area contributed by atoms with Gasteiger partial charge in [0.15, 0.2) is 0 Å². The van der Waals surface area contributed by atoms with Crippen LogP contribution in [0.1, 0.15) is 32.1 Å². The number of carbonyl (C=O) groups excluding carboxylic acids is 1. The van der Waals surface area contributed by atoms with E-state index in [0.717, 1.165) is 12.8 Å². The number of azide groups is 1. The highest BCUT2D eigenvalue weighted by Gasteiger charge is 2.14. The third kappa shape index (κ3) is 5.12. The van der Waals surface area contributed by atoms with Crippen LogP contribution >= 0.6 is 0 Å². The van der Waals surface area contributed by atoms with Crippen LogP contribution in [0.4, 0.5) is 4.79 Å². The summed E-state index contributed by atoms with van der Waals surface area (Å²) in [6.07, 6.45) is 5.82. The first kappa shape index (κ1) is 11.7. The predicted molar refractivity (Wildman–Crippen MR) is 57.4 cm³/mol. The van der Waals surface area contributed by atoms with E-state index < -0.39 is 0 Å². The summed E-state index contributed by atoms with van der Waals surface area (Å²) in [5, 5.41) is 8.89. The third-order valence-corrected chi connectivity index (χ3v) is 2.50. The zero-order valence-electron chi connectivity index (χ0n) is 8.78. The Morgan fingerprint density at radius 2 is 2.13 bits per heavy atom. The summed E-state index contributed by atoms with van der Waals surface area (Å²) < 4.78 is 0. The summed E-state index contributed by atoms with van der Waals surface area (Å²) in [5.74, 6) is 0. The van der Waals surface area contributed by atoms with Crippen molar-refractivity contribution in [1.29, 1.82) is 0 Å². The molecule has 6 heteroatoms. The maximum absolute atomic E-state index is 11.3. The quantitative estimate of drug-likeness (QED) is 0.316. The maximum Gasteiger partial charge on any atom is 0.315 e. The minimum Gasteiger partial charge on any atom is -0.338 e. The van der Waals surface area contributed by atoms with E-state index in [-0.39, 0.29) is 6.03 Å². The number of carbonyl (C=O) groups is 1. The third-order valence-electron chi connectivity index (χ3n) is 2.50. The highest BCUT2D eigenvalue weighted by atomic mass is 16.2. The number of nitrogens with zero attached hydrogens (tertiary/aromatic N) is 3. The van der Waals surface area contributed by atoms with E-state index >= 15 is 0 Å². The minimum atomic E-state index is -0.157. The number of urea groups is 1. The van der Waals surface area contributed by atoms with Crippen LogP contribution in [0.3, 0.4) is 0 Å². The molecule has 1 rings (SSSR count). The van der Waals surface area contributed by atoms with Crippen molar-refractivity contribution in [3.05, 3.63) is 10.4 Å². The molecule has 1 aliphatic rings. The van der Waals surface area contributed by atoms with Gasteiger partial charge in [0.05, 0.1) is 0 Å². The van der Waals surface area contributed by atoms with Crippen LogP contribution in [0.2, 0.25) is 0 Å². The van der Waals surface area contributed by atoms with Gasteiger partial charge in [0, 0.05) is 24.0 Å². The molecule has 0 radical (unpaired) electrons. The lowest BCUT2D eigenvalue weighted by Gasteiger charge is -2.22. The summed E-state index contributed by atoms with van der Waals surface area (Å²) in [7, 11) is 0. The Bertz CT molecular complexity index is 243. The van der Waals surface area contributed by atoms with Crippen molar-refractivity contribution < 1.29 is 4.79 Å². The summed E-state index contributed by atoms with van der Waals surface area (Å²) in [5.41, 5.74) is 8.02. The van der Waals surface area contributed by atoms with Crippen LogP contribution in [0.25, 0.3) is 10.4 Å². The van der Waals surface area contributed by atoms with Gasteiger partial charge < -0.3 is 10.6 Å². The second kappa shape index (κ2) is 6.95. The molecule has 0 unspecified atom stereocenters. The standard InChI is InChI=1S/C9H17N5O/c10-14-12-7-6-11-9(15)13-8-4-2-1-3-5-8/h8H,1-7H2,(H2,11,13,15). The number of rotatable bonds is 4. The van der Waals surface area contributed by atoms with Crippen LogP contribution in [-0.4, -0.2) is 25.2 Å². The van der Waals surface area contributed by atoms with Crippen LogP contribution < -0.4 is 10.6 Å². The van der Waals surface area contributed by atoms with Crippen LogP contribution in [0.15, 0.2) is 5.11 Å². The van der Waals surface area contributed by atoms with E-state index in [1.807, 2.05) is 0 Å². The fourth-order valence-corrected chi connectivity index (χ4v) is 1.75. The minimum absolute atomic E-state index is 0.157. The fourth-order valence-electron chi connectivity index (χ4n) is 1.75. The normalized spacial score (nSPS) is 16.5. The van der Waals surface area contributed by atoms with Gasteiger partial charge in [-0.2, -0.15) is 0 Å². The summed E-state index contributed by atoms with van der Waals surface area (Å²) >= 11 is 0. The molecule has 1 aliphatic carbocycles. The van der Waals surface area contributed by atoms with Crippen LogP contribution in [0.5, 0.6) is 0 Å². The van der Waals surface area contributed by atoms with Crippen molar-refractivity contribution in [3.8, 4) is 0 Å². The van der Waals surface area contributed by atoms with E-state index in [0.29, 0.717) is 19.1 Å². The molecule has 1 saturated carbocycles. The Morgan fingerprint density at radius 3 is 2.80 bits per heavy atom. The molecule has 0 saturated heterocycles. The smallest absolute Gasteiger partial charge is 0.315 e. The molecule has 0 heterocycles. The molecule has 15 heavy (non-hydrogen) atoms. The lowest BCUT2D eigenvalue weighted by molar-refractivity contribution is 0.233. The Kier molecular flexibility index (Phi) is 5.40. The first-order chi connectivity index (χ1) is 7.33. The van der Waals surface area contributed by atoms with Gasteiger partial charge in [-0.05, 0) is 18.4 Å². The molecule has 1 fully saturated rings. The second-order valence-corrected chi connectivity index (χ2v) is 3.69. The zero-order chi connectivity index (χ0) is 10.9. The van der Waals surface area contributed by atoms with E-state index in [1.54, 1.807) is 0 Å². The van der Waals surface area contributed by atoms with Crippen molar-refractivity contribution in [1.82, 2.24) is 10.6 Å². The molecule has 84 valence electrons. The molecular formula is C9H17N5O. The molecule has 0 bridgehead atoms. The Hall–Kier alpha value is -1.42.